The first-order valence-corrected chi connectivity index (χ1v) is 12.6. The number of aliphatic hydroxyl groups is 4. The Morgan fingerprint density at radius 1 is 0.367 bits per heavy atom. The Bertz CT molecular complexity index is 689. The molecule has 8 unspecified atom stereocenters. The number of carboxylic acids is 8. The van der Waals surface area contributed by atoms with Gasteiger partial charge in [0.05, 0.1) is 48.3 Å². The fraction of sp³-hybridized carbons (Fsp3) is 0.640. The van der Waals surface area contributed by atoms with E-state index in [9.17, 15) is 58.8 Å². The number of nitrogens with two attached hydrogens (primary N) is 4. The smallest absolute Gasteiger partial charge is 0.547 e. The van der Waals surface area contributed by atoms with E-state index in [-0.39, 0.29) is 7.43 Å². The predicted octanol–water partition coefficient (Wildman–Crippen LogP) is -9.78. The van der Waals surface area contributed by atoms with Crippen molar-refractivity contribution in [1.29, 1.82) is 0 Å². The second kappa shape index (κ2) is 41.5. The van der Waals surface area contributed by atoms with Crippen LogP contribution in [0.15, 0.2) is 0 Å². The van der Waals surface area contributed by atoms with Crippen molar-refractivity contribution in [3.63, 3.8) is 0 Å². The normalized spacial score (nSPS) is 13.4. The first-order valence-electron chi connectivity index (χ1n) is 12.6. The third-order valence-corrected chi connectivity index (χ3v) is 2.92. The number of carboxylic acid groups (broad SMARTS) is 8. The molecule has 0 heterocycles. The number of carbonyl (C=O) groups is 8. The van der Waals surface area contributed by atoms with Crippen LogP contribution in [0.1, 0.15) is 55.4 Å². The largest absolute Gasteiger partial charge is 4.00 e. The van der Waals surface area contributed by atoms with Gasteiger partial charge < -0.3 is 103 Å². The van der Waals surface area contributed by atoms with Crippen LogP contribution < -0.4 is 43.4 Å². The number of rotatable bonds is 8. The van der Waals surface area contributed by atoms with E-state index in [2.05, 4.69) is 0 Å². The van der Waals surface area contributed by atoms with Gasteiger partial charge in [-0.05, 0) is 55.4 Å². The Kier molecular flexibility index (Phi) is 56.5. The van der Waals surface area contributed by atoms with E-state index in [4.69, 9.17) is 63.8 Å². The summed E-state index contributed by atoms with van der Waals surface area (Å²) in [7, 11) is 0. The molecule has 0 aromatic heterocycles. The topological polar surface area (TPSA) is 495 Å². The Hall–Kier alpha value is -4.56. The third kappa shape index (κ3) is 99.1. The van der Waals surface area contributed by atoms with Crippen LogP contribution in [0.3, 0.4) is 0 Å². The summed E-state index contributed by atoms with van der Waals surface area (Å²) in [4.78, 5) is 75.6. The van der Waals surface area contributed by atoms with Crippen LogP contribution in [-0.4, -0.2) is 137 Å². The molecular weight excluding hydrogens is 676 g/mol. The summed E-state index contributed by atoms with van der Waals surface area (Å²) in [6.45, 7) is 10.2. The second-order valence-electron chi connectivity index (χ2n) is 8.49. The van der Waals surface area contributed by atoms with Crippen LogP contribution in [0.4, 0.5) is 0 Å². The van der Waals surface area contributed by atoms with Gasteiger partial charge in [-0.15, -0.1) is 0 Å². The van der Waals surface area contributed by atoms with Gasteiger partial charge in [-0.2, -0.15) is 0 Å². The molecule has 0 saturated heterocycles. The first kappa shape index (κ1) is 66.8. The van der Waals surface area contributed by atoms with Crippen molar-refractivity contribution in [2.75, 3.05) is 0 Å². The molecule has 0 fully saturated rings. The summed E-state index contributed by atoms with van der Waals surface area (Å²) < 4.78 is 0. The summed E-state index contributed by atoms with van der Waals surface area (Å²) in [5.74, 6) is -9.59. The number of carbonyl (C=O) groups excluding carboxylic acids is 4. The molecule has 0 aromatic carbocycles. The van der Waals surface area contributed by atoms with Crippen LogP contribution >= 0.6 is 0 Å². The standard InChI is InChI=1S/4C3H7NO2.4C3H6O3.C/c8*1-2(4)3(5)6;/h4*2H,4H2,1H3,(H,5,6);4*2,4H,1H3,(H,5,6);/q;;;;;;;;+4/p-4. The van der Waals surface area contributed by atoms with Gasteiger partial charge in [0, 0.05) is 0 Å². The molecule has 0 aliphatic rings. The summed E-state index contributed by atoms with van der Waals surface area (Å²) >= 11 is 0. The predicted molar refractivity (Wildman–Crippen MR) is 155 cm³/mol. The SMILES string of the molecule is CC(N)C(=O)O.CC(N)C(=O)O.CC(N)C(=O)O.CC(N)C(=O)O.CC(O)C(=O)[O-].CC(O)C(=O)[O-].CC(O)C(=O)[O-].CC(O)C(=O)[O-].[C+4]. The van der Waals surface area contributed by atoms with Crippen molar-refractivity contribution in [1.82, 2.24) is 0 Å². The van der Waals surface area contributed by atoms with E-state index in [1.807, 2.05) is 0 Å². The van der Waals surface area contributed by atoms with E-state index < -0.39 is 96.3 Å². The van der Waals surface area contributed by atoms with Gasteiger partial charge in [-0.1, -0.05) is 0 Å². The number of hydrogen-bond acceptors (Lipinski definition) is 20. The second-order valence-corrected chi connectivity index (χ2v) is 8.49. The molecule has 0 rings (SSSR count). The molecule has 288 valence electrons. The van der Waals surface area contributed by atoms with Gasteiger partial charge in [0.15, 0.2) is 0 Å². The minimum atomic E-state index is -1.44. The monoisotopic (exact) mass is 724 g/mol. The Labute approximate surface area is 282 Å². The van der Waals surface area contributed by atoms with E-state index in [0.717, 1.165) is 27.7 Å². The molecule has 8 atom stereocenters. The average Bonchev–Trinajstić information content (AvgIpc) is 2.90. The van der Waals surface area contributed by atoms with Crippen LogP contribution in [-0.2, 0) is 38.4 Å². The van der Waals surface area contributed by atoms with Gasteiger partial charge in [0.25, 0.3) is 0 Å². The summed E-state index contributed by atoms with van der Waals surface area (Å²) in [5, 5.41) is 101. The summed E-state index contributed by atoms with van der Waals surface area (Å²) in [6, 6.07) is -2.93. The van der Waals surface area contributed by atoms with Crippen LogP contribution in [0.5, 0.6) is 0 Å². The Morgan fingerprint density at radius 2 is 0.408 bits per heavy atom. The van der Waals surface area contributed by atoms with Crippen molar-refractivity contribution in [2.45, 2.75) is 104 Å². The molecule has 49 heavy (non-hydrogen) atoms. The van der Waals surface area contributed by atoms with Gasteiger partial charge >= 0.3 is 31.3 Å². The average molecular weight is 725 g/mol. The molecule has 0 bridgehead atoms. The van der Waals surface area contributed by atoms with Crippen molar-refractivity contribution in [3.8, 4) is 0 Å². The molecule has 0 saturated carbocycles. The van der Waals surface area contributed by atoms with Crippen molar-refractivity contribution in [3.05, 3.63) is 7.43 Å². The maximum atomic E-state index is 9.57. The molecule has 0 spiro atoms. The molecule has 24 heteroatoms. The third-order valence-electron chi connectivity index (χ3n) is 2.92. The van der Waals surface area contributed by atoms with Gasteiger partial charge in [-0.3, -0.25) is 19.2 Å². The number of aliphatic hydroxyl groups excluding tert-OH is 4. The molecular formula is C25H48N4O20. The summed E-state index contributed by atoms with van der Waals surface area (Å²) in [6.07, 6.45) is -5.37. The Balaban J connectivity index is -0.0000000532. The number of aliphatic carboxylic acids is 8. The fourth-order valence-electron chi connectivity index (χ4n) is 0. The van der Waals surface area contributed by atoms with E-state index in [1.54, 1.807) is 0 Å². The van der Waals surface area contributed by atoms with Crippen molar-refractivity contribution >= 4 is 47.8 Å². The van der Waals surface area contributed by atoms with E-state index in [1.165, 1.54) is 27.7 Å². The number of hydrogen-bond donors (Lipinski definition) is 12. The molecule has 0 aliphatic heterocycles. The van der Waals surface area contributed by atoms with Gasteiger partial charge in [-0.25, -0.2) is 0 Å². The fourth-order valence-corrected chi connectivity index (χ4v) is 0. The quantitative estimate of drug-likeness (QED) is 0.110. The molecule has 0 aromatic rings. The van der Waals surface area contributed by atoms with E-state index >= 15 is 0 Å². The summed E-state index contributed by atoms with van der Waals surface area (Å²) in [5.41, 5.74) is 19.3. The van der Waals surface area contributed by atoms with Crippen molar-refractivity contribution in [2.24, 2.45) is 22.9 Å². The van der Waals surface area contributed by atoms with Gasteiger partial charge in [0.2, 0.25) is 0 Å². The van der Waals surface area contributed by atoms with Crippen LogP contribution in [0.2, 0.25) is 0 Å². The van der Waals surface area contributed by atoms with Gasteiger partial charge in [0.1, 0.15) is 24.2 Å². The van der Waals surface area contributed by atoms with Crippen LogP contribution in [0, 0.1) is 7.43 Å². The van der Waals surface area contributed by atoms with E-state index in [0.29, 0.717) is 0 Å². The molecule has 0 amide bonds. The zero-order valence-electron chi connectivity index (χ0n) is 27.9. The minimum absolute atomic E-state index is 0. The zero-order chi connectivity index (χ0) is 41.2. The zero-order valence-corrected chi connectivity index (χ0v) is 27.9. The molecule has 0 radical (unpaired) electrons. The first-order chi connectivity index (χ1) is 21.1. The molecule has 16 N–H and O–H groups in total. The maximum Gasteiger partial charge on any atom is 4.00 e. The van der Waals surface area contributed by atoms with Crippen molar-refractivity contribution < 1.29 is 99.6 Å². The molecule has 24 nitrogen and oxygen atoms in total. The molecule has 0 aliphatic carbocycles. The minimum Gasteiger partial charge on any atom is -0.547 e. The van der Waals surface area contributed by atoms with Crippen LogP contribution in [0.25, 0.3) is 0 Å². The Morgan fingerprint density at radius 3 is 0.408 bits per heavy atom. The maximum absolute atomic E-state index is 9.57.